The van der Waals surface area contributed by atoms with Gasteiger partial charge in [-0.2, -0.15) is 0 Å². The maximum atomic E-state index is 5.64. The highest BCUT2D eigenvalue weighted by atomic mass is 79.9. The molecule has 2 aliphatic rings. The second kappa shape index (κ2) is 6.61. The third-order valence-corrected chi connectivity index (χ3v) is 6.63. The molecule has 0 radical (unpaired) electrons. The molecular formula is C23H23BrN2O. The van der Waals surface area contributed by atoms with Gasteiger partial charge in [0, 0.05) is 29.4 Å². The van der Waals surface area contributed by atoms with Crippen molar-refractivity contribution in [3.05, 3.63) is 76.0 Å². The minimum absolute atomic E-state index is 0.199. The number of ether oxygens (including phenoxy) is 1. The summed E-state index contributed by atoms with van der Waals surface area (Å²) in [6.45, 7) is 3.84. The Bertz CT molecular complexity index is 972. The molecule has 1 unspecified atom stereocenters. The number of fused-ring (bicyclic) bond motifs is 3. The van der Waals surface area contributed by atoms with Crippen LogP contribution in [0.2, 0.25) is 0 Å². The lowest BCUT2D eigenvalue weighted by molar-refractivity contribution is 0.0566. The lowest BCUT2D eigenvalue weighted by Gasteiger charge is -2.38. The molecule has 0 bridgehead atoms. The maximum Gasteiger partial charge on any atom is 0.141 e. The molecule has 1 saturated heterocycles. The molecule has 1 fully saturated rings. The first-order chi connectivity index (χ1) is 13.2. The third kappa shape index (κ3) is 2.69. The van der Waals surface area contributed by atoms with Gasteiger partial charge in [0.05, 0.1) is 11.2 Å². The fraction of sp³-hybridized carbons (Fsp3) is 0.348. The lowest BCUT2D eigenvalue weighted by atomic mass is 9.74. The first-order valence-electron chi connectivity index (χ1n) is 9.68. The molecule has 2 aromatic carbocycles. The molecule has 2 aliphatic heterocycles. The Morgan fingerprint density at radius 2 is 1.85 bits per heavy atom. The summed E-state index contributed by atoms with van der Waals surface area (Å²) in [5, 5.41) is 0. The molecule has 1 atom stereocenters. The van der Waals surface area contributed by atoms with Crippen LogP contribution in [0.4, 0.5) is 0 Å². The van der Waals surface area contributed by atoms with Crippen molar-refractivity contribution in [2.24, 2.45) is 5.92 Å². The molecule has 27 heavy (non-hydrogen) atoms. The smallest absolute Gasteiger partial charge is 0.141 e. The normalized spacial score (nSPS) is 21.9. The van der Waals surface area contributed by atoms with Crippen molar-refractivity contribution in [2.45, 2.75) is 31.7 Å². The second-order valence-electron chi connectivity index (χ2n) is 7.75. The van der Waals surface area contributed by atoms with Gasteiger partial charge in [-0.15, -0.1) is 0 Å². The van der Waals surface area contributed by atoms with Gasteiger partial charge in [-0.1, -0.05) is 52.3 Å². The molecule has 3 nitrogen and oxygen atoms in total. The predicted octanol–water partition coefficient (Wildman–Crippen LogP) is 5.54. The fourth-order valence-electron chi connectivity index (χ4n) is 4.86. The van der Waals surface area contributed by atoms with E-state index in [0.717, 1.165) is 48.5 Å². The number of rotatable bonds is 3. The summed E-state index contributed by atoms with van der Waals surface area (Å²) in [5.41, 5.74) is 4.85. The summed E-state index contributed by atoms with van der Waals surface area (Å²) in [4.78, 5) is 4.89. The number of imidazole rings is 1. The Morgan fingerprint density at radius 1 is 1.11 bits per heavy atom. The molecular weight excluding hydrogens is 400 g/mol. The Balaban J connectivity index is 1.75. The number of hydrogen-bond donors (Lipinski definition) is 0. The Morgan fingerprint density at radius 3 is 2.63 bits per heavy atom. The molecule has 0 aliphatic carbocycles. The number of aryl methyl sites for hydroxylation is 1. The van der Waals surface area contributed by atoms with Crippen LogP contribution in [0, 0.1) is 12.8 Å². The van der Waals surface area contributed by atoms with Crippen molar-refractivity contribution in [1.82, 2.24) is 9.55 Å². The quantitative estimate of drug-likeness (QED) is 0.553. The highest BCUT2D eigenvalue weighted by Gasteiger charge is 2.46. The van der Waals surface area contributed by atoms with E-state index >= 15 is 0 Å². The Labute approximate surface area is 168 Å². The number of aromatic nitrogens is 2. The van der Waals surface area contributed by atoms with Crippen molar-refractivity contribution in [3.8, 4) is 11.4 Å². The number of halogens is 1. The van der Waals surface area contributed by atoms with E-state index in [1.807, 2.05) is 0 Å². The molecule has 0 amide bonds. The van der Waals surface area contributed by atoms with Crippen molar-refractivity contribution < 1.29 is 4.74 Å². The standard InChI is InChI=1S/C23H23BrN2O/c1-16-15-26-22(25-16)20-4-2-3-5-21(20)23(26,14-17-10-12-27-13-11-17)18-6-8-19(24)9-7-18/h2-9,15,17H,10-14H2,1H3. The first-order valence-corrected chi connectivity index (χ1v) is 10.5. The van der Waals surface area contributed by atoms with Crippen LogP contribution < -0.4 is 0 Å². The summed E-state index contributed by atoms with van der Waals surface area (Å²) in [6.07, 6.45) is 5.57. The van der Waals surface area contributed by atoms with E-state index in [4.69, 9.17) is 9.72 Å². The van der Waals surface area contributed by atoms with Crippen LogP contribution in [0.5, 0.6) is 0 Å². The van der Waals surface area contributed by atoms with Gasteiger partial charge in [0.1, 0.15) is 5.82 Å². The number of hydrogen-bond acceptors (Lipinski definition) is 2. The van der Waals surface area contributed by atoms with Gasteiger partial charge >= 0.3 is 0 Å². The Kier molecular flexibility index (Phi) is 4.21. The van der Waals surface area contributed by atoms with Crippen LogP contribution in [-0.4, -0.2) is 22.8 Å². The van der Waals surface area contributed by atoms with Crippen LogP contribution in [0.1, 0.15) is 36.1 Å². The first kappa shape index (κ1) is 17.2. The molecule has 0 spiro atoms. The van der Waals surface area contributed by atoms with Crippen LogP contribution in [0.15, 0.2) is 59.2 Å². The number of nitrogens with zero attached hydrogens (tertiary/aromatic N) is 2. The third-order valence-electron chi connectivity index (χ3n) is 6.10. The van der Waals surface area contributed by atoms with Gasteiger partial charge in [0.2, 0.25) is 0 Å². The van der Waals surface area contributed by atoms with Gasteiger partial charge in [-0.3, -0.25) is 0 Å². The summed E-state index contributed by atoms with van der Waals surface area (Å²) >= 11 is 3.60. The van der Waals surface area contributed by atoms with E-state index in [9.17, 15) is 0 Å². The van der Waals surface area contributed by atoms with Crippen LogP contribution in [-0.2, 0) is 10.3 Å². The maximum absolute atomic E-state index is 5.64. The van der Waals surface area contributed by atoms with E-state index < -0.39 is 0 Å². The molecule has 3 aromatic rings. The molecule has 4 heteroatoms. The monoisotopic (exact) mass is 422 g/mol. The molecule has 5 rings (SSSR count). The van der Waals surface area contributed by atoms with E-state index in [2.05, 4.69) is 82.1 Å². The van der Waals surface area contributed by atoms with Crippen LogP contribution >= 0.6 is 15.9 Å². The molecule has 0 N–H and O–H groups in total. The van der Waals surface area contributed by atoms with Gasteiger partial charge < -0.3 is 9.30 Å². The minimum Gasteiger partial charge on any atom is -0.381 e. The number of benzene rings is 2. The highest BCUT2D eigenvalue weighted by molar-refractivity contribution is 9.10. The Hall–Kier alpha value is -1.91. The van der Waals surface area contributed by atoms with E-state index in [1.54, 1.807) is 0 Å². The highest BCUT2D eigenvalue weighted by Crippen LogP contribution is 2.51. The average Bonchev–Trinajstić information content (AvgIpc) is 3.19. The van der Waals surface area contributed by atoms with E-state index in [0.29, 0.717) is 5.92 Å². The zero-order valence-corrected chi connectivity index (χ0v) is 17.1. The van der Waals surface area contributed by atoms with Gasteiger partial charge in [0.15, 0.2) is 0 Å². The predicted molar refractivity (Wildman–Crippen MR) is 111 cm³/mol. The summed E-state index contributed by atoms with van der Waals surface area (Å²) in [7, 11) is 0. The summed E-state index contributed by atoms with van der Waals surface area (Å²) in [5.74, 6) is 1.74. The zero-order chi connectivity index (χ0) is 18.4. The topological polar surface area (TPSA) is 27.1 Å². The van der Waals surface area contributed by atoms with E-state index in [-0.39, 0.29) is 5.54 Å². The molecule has 138 valence electrons. The van der Waals surface area contributed by atoms with E-state index in [1.165, 1.54) is 16.7 Å². The largest absolute Gasteiger partial charge is 0.381 e. The zero-order valence-electron chi connectivity index (χ0n) is 15.5. The van der Waals surface area contributed by atoms with Crippen LogP contribution in [0.3, 0.4) is 0 Å². The van der Waals surface area contributed by atoms with Crippen molar-refractivity contribution in [1.29, 1.82) is 0 Å². The van der Waals surface area contributed by atoms with Gasteiger partial charge in [0.25, 0.3) is 0 Å². The van der Waals surface area contributed by atoms with Crippen LogP contribution in [0.25, 0.3) is 11.4 Å². The van der Waals surface area contributed by atoms with Gasteiger partial charge in [-0.05, 0) is 55.4 Å². The average molecular weight is 423 g/mol. The lowest BCUT2D eigenvalue weighted by Crippen LogP contribution is -2.36. The molecule has 0 saturated carbocycles. The van der Waals surface area contributed by atoms with Crippen molar-refractivity contribution >= 4 is 15.9 Å². The fourth-order valence-corrected chi connectivity index (χ4v) is 5.13. The summed E-state index contributed by atoms with van der Waals surface area (Å²) in [6, 6.07) is 17.7. The van der Waals surface area contributed by atoms with Gasteiger partial charge in [-0.25, -0.2) is 4.98 Å². The minimum atomic E-state index is -0.199. The second-order valence-corrected chi connectivity index (χ2v) is 8.66. The molecule has 3 heterocycles. The van der Waals surface area contributed by atoms with Crippen molar-refractivity contribution in [3.63, 3.8) is 0 Å². The SMILES string of the molecule is Cc1cn2c(n1)-c1ccccc1C2(CC1CCOCC1)c1ccc(Br)cc1. The summed E-state index contributed by atoms with van der Waals surface area (Å²) < 4.78 is 9.18. The van der Waals surface area contributed by atoms with Crippen molar-refractivity contribution in [2.75, 3.05) is 13.2 Å². The molecule has 1 aromatic heterocycles.